The summed E-state index contributed by atoms with van der Waals surface area (Å²) in [5.41, 5.74) is 1.45. The van der Waals surface area contributed by atoms with E-state index >= 15 is 0 Å². The van der Waals surface area contributed by atoms with Crippen molar-refractivity contribution in [2.24, 2.45) is 0 Å². The molecule has 2 aromatic rings. The van der Waals surface area contributed by atoms with Crippen LogP contribution in [0.25, 0.3) is 0 Å². The van der Waals surface area contributed by atoms with Crippen molar-refractivity contribution in [3.63, 3.8) is 0 Å². The van der Waals surface area contributed by atoms with E-state index in [9.17, 15) is 18.8 Å². The molecule has 3 rings (SSSR count). The van der Waals surface area contributed by atoms with E-state index < -0.39 is 23.0 Å². The molecule has 1 unspecified atom stereocenters. The Morgan fingerprint density at radius 1 is 1.32 bits per heavy atom. The minimum Gasteiger partial charge on any atom is -0.462 e. The molecule has 1 aliphatic heterocycles. The van der Waals surface area contributed by atoms with E-state index in [2.05, 4.69) is 31.9 Å². The summed E-state index contributed by atoms with van der Waals surface area (Å²) >= 11 is 5.56. The Morgan fingerprint density at radius 3 is 2.65 bits per heavy atom. The van der Waals surface area contributed by atoms with Crippen LogP contribution in [0.4, 0.5) is 15.1 Å². The van der Waals surface area contributed by atoms with Gasteiger partial charge in [0.25, 0.3) is 0 Å². The van der Waals surface area contributed by atoms with Crippen LogP contribution in [-0.4, -0.2) is 34.8 Å². The lowest BCUT2D eigenvalue weighted by atomic mass is 10.1. The fourth-order valence-corrected chi connectivity index (χ4v) is 5.38. The number of thiophene rings is 1. The smallest absolute Gasteiger partial charge is 0.341 e. The third-order valence-electron chi connectivity index (χ3n) is 4.16. The van der Waals surface area contributed by atoms with E-state index in [0.29, 0.717) is 20.0 Å². The number of nitrogens with one attached hydrogen (secondary N) is 4. The topological polar surface area (TPSA) is 120 Å². The highest BCUT2D eigenvalue weighted by molar-refractivity contribution is 9.11. The normalized spacial score (nSPS) is 15.5. The predicted molar refractivity (Wildman–Crippen MR) is 122 cm³/mol. The molecule has 8 nitrogen and oxygen atoms in total. The minimum atomic E-state index is -0.693. The number of hydrogen-bond acceptors (Lipinski definition) is 8. The monoisotopic (exact) mass is 528 g/mol. The van der Waals surface area contributed by atoms with Crippen molar-refractivity contribution in [3.05, 3.63) is 45.0 Å². The lowest BCUT2D eigenvalue weighted by Gasteiger charge is -2.11. The number of amidine groups is 1. The number of esters is 1. The second-order valence-corrected chi connectivity index (χ2v) is 9.87. The number of carbonyl (C=O) groups is 3. The summed E-state index contributed by atoms with van der Waals surface area (Å²) in [6, 6.07) is 5.79. The van der Waals surface area contributed by atoms with Gasteiger partial charge in [0.2, 0.25) is 11.8 Å². The number of amides is 2. The van der Waals surface area contributed by atoms with Gasteiger partial charge in [-0.1, -0.05) is 11.8 Å². The zero-order chi connectivity index (χ0) is 22.5. The molecule has 1 atom stereocenters. The van der Waals surface area contributed by atoms with Crippen LogP contribution >= 0.6 is 39.0 Å². The van der Waals surface area contributed by atoms with Gasteiger partial charge in [0.15, 0.2) is 5.17 Å². The number of halogens is 2. The highest BCUT2D eigenvalue weighted by Crippen LogP contribution is 2.39. The van der Waals surface area contributed by atoms with Gasteiger partial charge in [0, 0.05) is 24.2 Å². The quantitative estimate of drug-likeness (QED) is 0.385. The zero-order valence-electron chi connectivity index (χ0n) is 16.2. The van der Waals surface area contributed by atoms with Crippen molar-refractivity contribution in [2.75, 3.05) is 17.2 Å². The molecule has 0 bridgehead atoms. The van der Waals surface area contributed by atoms with E-state index in [0.717, 1.165) is 23.1 Å². The summed E-state index contributed by atoms with van der Waals surface area (Å²) in [4.78, 5) is 36.9. The molecule has 2 amide bonds. The molecule has 1 saturated heterocycles. The standard InChI is InChI=1S/C19H18BrFN4O4S2/c1-2-29-18(28)14-11(8-23-10-5-3-9(21)4-6-10)15(20)31-17(14)24-13(26)7-12-16(27)25-19(22)30-12/h3-6,12,23H,2,7-8H2,1H3,(H,24,26)(H2,22,25,27). The van der Waals surface area contributed by atoms with E-state index in [-0.39, 0.29) is 36.1 Å². The summed E-state index contributed by atoms with van der Waals surface area (Å²) in [5, 5.41) is 15.2. The first-order valence-electron chi connectivity index (χ1n) is 9.12. The van der Waals surface area contributed by atoms with Crippen molar-refractivity contribution in [2.45, 2.75) is 25.1 Å². The maximum atomic E-state index is 13.1. The van der Waals surface area contributed by atoms with Gasteiger partial charge in [-0.2, -0.15) is 0 Å². The van der Waals surface area contributed by atoms with Gasteiger partial charge in [-0.25, -0.2) is 9.18 Å². The average molecular weight is 529 g/mol. The molecular weight excluding hydrogens is 511 g/mol. The van der Waals surface area contributed by atoms with Crippen LogP contribution in [0.2, 0.25) is 0 Å². The molecular formula is C19H18BrFN4O4S2. The number of carbonyl (C=O) groups excluding carboxylic acids is 3. The van der Waals surface area contributed by atoms with Gasteiger partial charge in [-0.3, -0.25) is 15.0 Å². The molecule has 2 heterocycles. The SMILES string of the molecule is CCOC(=O)c1c(NC(=O)CC2SC(=N)NC2=O)sc(Br)c1CNc1ccc(F)cc1. The van der Waals surface area contributed by atoms with Crippen molar-refractivity contribution in [1.29, 1.82) is 5.41 Å². The van der Waals surface area contributed by atoms with Crippen LogP contribution in [0.15, 0.2) is 28.1 Å². The summed E-state index contributed by atoms with van der Waals surface area (Å²) < 4.78 is 18.9. The van der Waals surface area contributed by atoms with Crippen molar-refractivity contribution in [3.8, 4) is 0 Å². The van der Waals surface area contributed by atoms with Gasteiger partial charge in [-0.15, -0.1) is 11.3 Å². The van der Waals surface area contributed by atoms with E-state index in [1.165, 1.54) is 12.1 Å². The molecule has 164 valence electrons. The first kappa shape index (κ1) is 23.2. The molecule has 1 aromatic carbocycles. The van der Waals surface area contributed by atoms with Crippen LogP contribution in [0.5, 0.6) is 0 Å². The minimum absolute atomic E-state index is 0.00281. The van der Waals surface area contributed by atoms with Gasteiger partial charge >= 0.3 is 5.97 Å². The summed E-state index contributed by atoms with van der Waals surface area (Å²) in [7, 11) is 0. The highest BCUT2D eigenvalue weighted by Gasteiger charge is 2.32. The maximum Gasteiger partial charge on any atom is 0.341 e. The third-order valence-corrected chi connectivity index (χ3v) is 7.07. The lowest BCUT2D eigenvalue weighted by molar-refractivity contribution is -0.122. The molecule has 31 heavy (non-hydrogen) atoms. The lowest BCUT2D eigenvalue weighted by Crippen LogP contribution is -2.28. The predicted octanol–water partition coefficient (Wildman–Crippen LogP) is 3.93. The van der Waals surface area contributed by atoms with E-state index in [1.54, 1.807) is 19.1 Å². The third kappa shape index (κ3) is 5.83. The molecule has 0 radical (unpaired) electrons. The van der Waals surface area contributed by atoms with Gasteiger partial charge in [0.05, 0.1) is 10.4 Å². The average Bonchev–Trinajstić information content (AvgIpc) is 3.18. The Kier molecular flexibility index (Phi) is 7.68. The van der Waals surface area contributed by atoms with Crippen LogP contribution in [0, 0.1) is 11.2 Å². The number of thioether (sulfide) groups is 1. The maximum absolute atomic E-state index is 13.1. The second-order valence-electron chi connectivity index (χ2n) is 6.32. The Bertz CT molecular complexity index is 1030. The Morgan fingerprint density at radius 2 is 2.03 bits per heavy atom. The van der Waals surface area contributed by atoms with Crippen LogP contribution < -0.4 is 16.0 Å². The summed E-state index contributed by atoms with van der Waals surface area (Å²) in [5.74, 6) is -1.80. The molecule has 12 heteroatoms. The van der Waals surface area contributed by atoms with Gasteiger partial charge < -0.3 is 20.7 Å². The van der Waals surface area contributed by atoms with Crippen LogP contribution in [0.3, 0.4) is 0 Å². The number of benzene rings is 1. The Balaban J connectivity index is 1.79. The van der Waals surface area contributed by atoms with Crippen molar-refractivity contribution in [1.82, 2.24) is 5.32 Å². The zero-order valence-corrected chi connectivity index (χ0v) is 19.4. The number of rotatable bonds is 8. The number of hydrogen-bond donors (Lipinski definition) is 4. The van der Waals surface area contributed by atoms with Crippen LogP contribution in [0.1, 0.15) is 29.3 Å². The molecule has 0 aliphatic carbocycles. The van der Waals surface area contributed by atoms with Crippen LogP contribution in [-0.2, 0) is 20.9 Å². The molecule has 0 spiro atoms. The molecule has 4 N–H and O–H groups in total. The molecule has 1 aliphatic rings. The first-order valence-corrected chi connectivity index (χ1v) is 11.6. The number of anilines is 2. The van der Waals surface area contributed by atoms with Gasteiger partial charge in [-0.05, 0) is 47.1 Å². The summed E-state index contributed by atoms with van der Waals surface area (Å²) in [6.45, 7) is 2.06. The molecule has 1 fully saturated rings. The van der Waals surface area contributed by atoms with E-state index in [1.807, 2.05) is 0 Å². The van der Waals surface area contributed by atoms with E-state index in [4.69, 9.17) is 10.1 Å². The first-order chi connectivity index (χ1) is 14.8. The fourth-order valence-electron chi connectivity index (χ4n) is 2.76. The fraction of sp³-hybridized carbons (Fsp3) is 0.263. The van der Waals surface area contributed by atoms with Gasteiger partial charge in [0.1, 0.15) is 21.6 Å². The van der Waals surface area contributed by atoms with Crippen molar-refractivity contribution >= 4 is 72.7 Å². The molecule has 1 aromatic heterocycles. The second kappa shape index (κ2) is 10.2. The number of ether oxygens (including phenoxy) is 1. The largest absolute Gasteiger partial charge is 0.462 e. The Hall–Kier alpha value is -2.44. The molecule has 0 saturated carbocycles. The highest BCUT2D eigenvalue weighted by atomic mass is 79.9. The summed E-state index contributed by atoms with van der Waals surface area (Å²) in [6.07, 6.45) is -0.139. The van der Waals surface area contributed by atoms with Crippen molar-refractivity contribution < 1.29 is 23.5 Å². The Labute approximate surface area is 193 Å².